The van der Waals surface area contributed by atoms with Gasteiger partial charge in [0.25, 0.3) is 5.91 Å². The Balaban J connectivity index is 1.39. The molecule has 186 valence electrons. The first-order chi connectivity index (χ1) is 16.4. The molecule has 8 nitrogen and oxygen atoms in total. The molecule has 1 aromatic carbocycles. The summed E-state index contributed by atoms with van der Waals surface area (Å²) in [5.74, 6) is 6.75. The largest absolute Gasteiger partial charge is 0.295 e. The van der Waals surface area contributed by atoms with E-state index < -0.39 is 27.1 Å². The van der Waals surface area contributed by atoms with Crippen LogP contribution >= 0.6 is 0 Å². The normalized spacial score (nSPS) is 26.5. The average Bonchev–Trinajstić information content (AvgIpc) is 3.75. The summed E-state index contributed by atoms with van der Waals surface area (Å²) in [5, 5.41) is 0. The number of hydrogen-bond donors (Lipinski definition) is 1. The van der Waals surface area contributed by atoms with E-state index in [4.69, 9.17) is 0 Å². The Morgan fingerprint density at radius 2 is 1.91 bits per heavy atom. The van der Waals surface area contributed by atoms with Gasteiger partial charge in [-0.05, 0) is 77.7 Å². The third kappa shape index (κ3) is 3.94. The SMILES string of the molecule is CN(C)C1(C#C[C@@H]2CN=C3N(CC4(F)CC4)C(=O)c4cc(S(=O)(=O)NC5(C)CC5)ccc4N32)CC1. The zero-order chi connectivity index (χ0) is 24.8. The fourth-order valence-corrected chi connectivity index (χ4v) is 6.27. The van der Waals surface area contributed by atoms with Crippen LogP contribution < -0.4 is 9.62 Å². The molecule has 0 aromatic heterocycles. The Labute approximate surface area is 205 Å². The molecule has 1 atom stereocenters. The van der Waals surface area contributed by atoms with Gasteiger partial charge in [-0.25, -0.2) is 22.5 Å². The minimum absolute atomic E-state index is 0.0332. The van der Waals surface area contributed by atoms with Crippen molar-refractivity contribution < 1.29 is 17.6 Å². The van der Waals surface area contributed by atoms with Gasteiger partial charge in [-0.15, -0.1) is 0 Å². The summed E-state index contributed by atoms with van der Waals surface area (Å²) in [6.07, 6.45) is 4.39. The molecule has 0 unspecified atom stereocenters. The summed E-state index contributed by atoms with van der Waals surface area (Å²) in [5.41, 5.74) is -1.18. The summed E-state index contributed by atoms with van der Waals surface area (Å²) in [4.78, 5) is 23.6. The van der Waals surface area contributed by atoms with Crippen molar-refractivity contribution in [2.75, 3.05) is 32.1 Å². The zero-order valence-corrected chi connectivity index (χ0v) is 21.1. The van der Waals surface area contributed by atoms with E-state index in [9.17, 15) is 17.6 Å². The van der Waals surface area contributed by atoms with Crippen LogP contribution in [0.15, 0.2) is 28.1 Å². The van der Waals surface area contributed by atoms with Gasteiger partial charge in [-0.2, -0.15) is 0 Å². The van der Waals surface area contributed by atoms with E-state index in [0.29, 0.717) is 31.0 Å². The quantitative estimate of drug-likeness (QED) is 0.606. The lowest BCUT2D eigenvalue weighted by Gasteiger charge is -2.38. The van der Waals surface area contributed by atoms with Crippen LogP contribution in [0.2, 0.25) is 0 Å². The van der Waals surface area contributed by atoms with Crippen LogP contribution in [0.1, 0.15) is 55.8 Å². The standard InChI is InChI=1S/C25H30FN5O3S/c1-23(8-9-23)28-35(33,34)18-4-5-20-19(14-18)21(32)30(16-24(26)10-11-24)22-27-15-17(31(20)22)6-7-25(12-13-25)29(2)3/h4-5,14,17,28H,8-13,15-16H2,1-3H3/t17-/m1/s1. The maximum absolute atomic E-state index is 14.8. The lowest BCUT2D eigenvalue weighted by molar-refractivity contribution is 0.0800. The molecule has 1 amide bonds. The third-order valence-electron chi connectivity index (χ3n) is 7.85. The molecule has 3 aliphatic carbocycles. The predicted molar refractivity (Wildman–Crippen MR) is 131 cm³/mol. The molecule has 10 heteroatoms. The van der Waals surface area contributed by atoms with E-state index in [1.54, 1.807) is 6.07 Å². The first-order valence-electron chi connectivity index (χ1n) is 12.2. The monoisotopic (exact) mass is 499 g/mol. The highest BCUT2D eigenvalue weighted by atomic mass is 32.2. The Hall–Kier alpha value is -2.48. The van der Waals surface area contributed by atoms with Crippen molar-refractivity contribution >= 4 is 27.6 Å². The number of amides is 1. The number of guanidine groups is 1. The topological polar surface area (TPSA) is 85.3 Å². The van der Waals surface area contributed by atoms with E-state index in [-0.39, 0.29) is 28.6 Å². The smallest absolute Gasteiger partial charge is 0.262 e. The van der Waals surface area contributed by atoms with E-state index in [1.165, 1.54) is 17.0 Å². The number of aliphatic imine (C=N–C) groups is 1. The highest BCUT2D eigenvalue weighted by molar-refractivity contribution is 7.89. The number of benzene rings is 1. The van der Waals surface area contributed by atoms with Crippen LogP contribution in [0.3, 0.4) is 0 Å². The van der Waals surface area contributed by atoms with Crippen molar-refractivity contribution in [2.45, 2.75) is 73.1 Å². The van der Waals surface area contributed by atoms with E-state index in [2.05, 4.69) is 26.5 Å². The number of halogens is 1. The van der Waals surface area contributed by atoms with Crippen molar-refractivity contribution in [3.05, 3.63) is 23.8 Å². The van der Waals surface area contributed by atoms with Crippen molar-refractivity contribution in [1.82, 2.24) is 14.5 Å². The number of hydrogen-bond acceptors (Lipinski definition) is 6. The Bertz CT molecular complexity index is 1320. The summed E-state index contributed by atoms with van der Waals surface area (Å²) in [6, 6.07) is 4.29. The lowest BCUT2D eigenvalue weighted by Crippen LogP contribution is -2.54. The van der Waals surface area contributed by atoms with Crippen LogP contribution in [0.4, 0.5) is 10.1 Å². The van der Waals surface area contributed by atoms with Gasteiger partial charge in [0, 0.05) is 5.54 Å². The first kappa shape index (κ1) is 23.0. The van der Waals surface area contributed by atoms with Crippen LogP contribution in [0.5, 0.6) is 0 Å². The number of carbonyl (C=O) groups excluding carboxylic acids is 1. The number of carbonyl (C=O) groups is 1. The van der Waals surface area contributed by atoms with Gasteiger partial charge in [-0.1, -0.05) is 11.8 Å². The van der Waals surface area contributed by atoms with Gasteiger partial charge in [0.05, 0.1) is 34.8 Å². The molecule has 6 rings (SSSR count). The Morgan fingerprint density at radius 3 is 2.51 bits per heavy atom. The first-order valence-corrected chi connectivity index (χ1v) is 13.7. The van der Waals surface area contributed by atoms with Crippen LogP contribution in [-0.2, 0) is 10.0 Å². The van der Waals surface area contributed by atoms with E-state index >= 15 is 0 Å². The molecule has 1 aromatic rings. The summed E-state index contributed by atoms with van der Waals surface area (Å²) in [6.45, 7) is 2.15. The molecule has 3 saturated carbocycles. The van der Waals surface area contributed by atoms with Gasteiger partial charge in [0.1, 0.15) is 11.7 Å². The Morgan fingerprint density at radius 1 is 1.20 bits per heavy atom. The molecule has 5 aliphatic rings. The molecule has 0 radical (unpaired) electrons. The summed E-state index contributed by atoms with van der Waals surface area (Å²) < 4.78 is 43.6. The Kier molecular flexibility index (Phi) is 4.77. The molecule has 3 fully saturated rings. The van der Waals surface area contributed by atoms with E-state index in [1.807, 2.05) is 25.9 Å². The van der Waals surface area contributed by atoms with Crippen molar-refractivity contribution in [1.29, 1.82) is 0 Å². The number of fused-ring (bicyclic) bond motifs is 3. The van der Waals surface area contributed by atoms with E-state index in [0.717, 1.165) is 25.7 Å². The van der Waals surface area contributed by atoms with Gasteiger partial charge in [0.2, 0.25) is 16.0 Å². The number of anilines is 1. The van der Waals surface area contributed by atoms with Crippen LogP contribution in [0, 0.1) is 11.8 Å². The number of rotatable bonds is 6. The van der Waals surface area contributed by atoms with Crippen molar-refractivity contribution in [3.8, 4) is 11.8 Å². The van der Waals surface area contributed by atoms with Crippen molar-refractivity contribution in [2.24, 2.45) is 4.99 Å². The van der Waals surface area contributed by atoms with Gasteiger partial charge in [0.15, 0.2) is 0 Å². The molecule has 0 spiro atoms. The maximum Gasteiger partial charge on any atom is 0.262 e. The summed E-state index contributed by atoms with van der Waals surface area (Å²) in [7, 11) is 0.238. The lowest BCUT2D eigenvalue weighted by atomic mass is 10.1. The second-order valence-electron chi connectivity index (χ2n) is 11.1. The molecule has 1 N–H and O–H groups in total. The zero-order valence-electron chi connectivity index (χ0n) is 20.3. The second kappa shape index (κ2) is 7.28. The van der Waals surface area contributed by atoms with Gasteiger partial charge < -0.3 is 0 Å². The van der Waals surface area contributed by atoms with Gasteiger partial charge in [-0.3, -0.25) is 19.5 Å². The maximum atomic E-state index is 14.8. The number of nitrogens with one attached hydrogen (secondary N) is 1. The third-order valence-corrected chi connectivity index (χ3v) is 9.49. The molecule has 35 heavy (non-hydrogen) atoms. The molecule has 2 heterocycles. The van der Waals surface area contributed by atoms with Crippen LogP contribution in [0.25, 0.3) is 0 Å². The van der Waals surface area contributed by atoms with Gasteiger partial charge >= 0.3 is 0 Å². The molecular formula is C25H30FN5O3S. The fourth-order valence-electron chi connectivity index (χ4n) is 4.78. The molecular weight excluding hydrogens is 469 g/mol. The minimum atomic E-state index is -3.80. The highest BCUT2D eigenvalue weighted by Crippen LogP contribution is 2.44. The minimum Gasteiger partial charge on any atom is -0.295 e. The second-order valence-corrected chi connectivity index (χ2v) is 12.8. The number of nitrogens with zero attached hydrogens (tertiary/aromatic N) is 4. The van der Waals surface area contributed by atoms with Crippen molar-refractivity contribution in [3.63, 3.8) is 0 Å². The molecule has 2 aliphatic heterocycles. The summed E-state index contributed by atoms with van der Waals surface area (Å²) >= 11 is 0. The average molecular weight is 500 g/mol. The predicted octanol–water partition coefficient (Wildman–Crippen LogP) is 2.12. The molecule has 0 bridgehead atoms. The highest BCUT2D eigenvalue weighted by Gasteiger charge is 2.51. The number of sulfonamides is 1. The fraction of sp³-hybridized carbons (Fsp3) is 0.600. The van der Waals surface area contributed by atoms with Crippen LogP contribution in [-0.4, -0.2) is 80.1 Å². The number of alkyl halides is 1. The molecule has 0 saturated heterocycles.